The second-order valence-corrected chi connectivity index (χ2v) is 6.08. The van der Waals surface area contributed by atoms with Crippen LogP contribution in [0.3, 0.4) is 0 Å². The van der Waals surface area contributed by atoms with Crippen molar-refractivity contribution in [2.45, 2.75) is 12.8 Å². The van der Waals surface area contributed by atoms with Gasteiger partial charge >= 0.3 is 5.97 Å². The van der Waals surface area contributed by atoms with Crippen molar-refractivity contribution in [3.63, 3.8) is 0 Å². The molecule has 0 atom stereocenters. The number of rotatable bonds is 9. The lowest BCUT2D eigenvalue weighted by Gasteiger charge is -2.13. The fraction of sp³-hybridized carbons (Fsp3) is 0.227. The molecule has 0 spiro atoms. The standard InChI is InChI=1S/C22H22O5/c1-25-21-14-16(7-11-22(23)24)6-10-20(21)27-13-12-26-19-9-8-17-4-2-3-5-18(17)15-19/h2-6,8-10,14-15H,7,11-13H2,1H3,(H,23,24). The van der Waals surface area contributed by atoms with E-state index < -0.39 is 5.97 Å². The van der Waals surface area contributed by atoms with E-state index in [1.165, 1.54) is 5.39 Å². The Hall–Kier alpha value is -3.21. The van der Waals surface area contributed by atoms with Crippen LogP contribution in [0.15, 0.2) is 60.7 Å². The lowest BCUT2D eigenvalue weighted by Crippen LogP contribution is -2.09. The maximum absolute atomic E-state index is 10.7. The molecule has 0 radical (unpaired) electrons. The lowest BCUT2D eigenvalue weighted by atomic mass is 10.1. The molecule has 0 fully saturated rings. The zero-order valence-corrected chi connectivity index (χ0v) is 15.2. The first-order valence-corrected chi connectivity index (χ1v) is 8.79. The van der Waals surface area contributed by atoms with E-state index in [0.717, 1.165) is 16.7 Å². The fourth-order valence-corrected chi connectivity index (χ4v) is 2.81. The van der Waals surface area contributed by atoms with Crippen LogP contribution in [0, 0.1) is 0 Å². The highest BCUT2D eigenvalue weighted by Crippen LogP contribution is 2.28. The summed E-state index contributed by atoms with van der Waals surface area (Å²) in [5.74, 6) is 1.18. The predicted molar refractivity (Wildman–Crippen MR) is 104 cm³/mol. The van der Waals surface area contributed by atoms with Gasteiger partial charge in [0.05, 0.1) is 7.11 Å². The van der Waals surface area contributed by atoms with Crippen LogP contribution in [0.25, 0.3) is 10.8 Å². The molecule has 3 aromatic carbocycles. The second kappa shape index (κ2) is 8.94. The van der Waals surface area contributed by atoms with Gasteiger partial charge in [-0.3, -0.25) is 4.79 Å². The van der Waals surface area contributed by atoms with E-state index in [9.17, 15) is 4.79 Å². The van der Waals surface area contributed by atoms with E-state index >= 15 is 0 Å². The summed E-state index contributed by atoms with van der Waals surface area (Å²) in [7, 11) is 1.56. The Morgan fingerprint density at radius 1 is 0.889 bits per heavy atom. The number of methoxy groups -OCH3 is 1. The second-order valence-electron chi connectivity index (χ2n) is 6.08. The number of ether oxygens (including phenoxy) is 3. The Bertz CT molecular complexity index is 919. The molecule has 5 nitrogen and oxygen atoms in total. The van der Waals surface area contributed by atoms with E-state index in [0.29, 0.717) is 31.1 Å². The van der Waals surface area contributed by atoms with Gasteiger partial charge in [-0.05, 0) is 47.0 Å². The van der Waals surface area contributed by atoms with Gasteiger partial charge in [0, 0.05) is 6.42 Å². The summed E-state index contributed by atoms with van der Waals surface area (Å²) in [5, 5.41) is 11.1. The molecule has 3 aromatic rings. The molecule has 140 valence electrons. The van der Waals surface area contributed by atoms with Crippen molar-refractivity contribution in [3.8, 4) is 17.2 Å². The highest BCUT2D eigenvalue weighted by molar-refractivity contribution is 5.83. The van der Waals surface area contributed by atoms with Crippen molar-refractivity contribution in [1.29, 1.82) is 0 Å². The number of carbonyl (C=O) groups is 1. The molecular weight excluding hydrogens is 344 g/mol. The zero-order valence-electron chi connectivity index (χ0n) is 15.2. The largest absolute Gasteiger partial charge is 0.493 e. The number of aryl methyl sites for hydroxylation is 1. The number of benzene rings is 3. The number of carboxylic acids is 1. The van der Waals surface area contributed by atoms with Gasteiger partial charge in [0.15, 0.2) is 11.5 Å². The highest BCUT2D eigenvalue weighted by atomic mass is 16.5. The summed E-state index contributed by atoms with van der Waals surface area (Å²) in [4.78, 5) is 10.7. The van der Waals surface area contributed by atoms with Gasteiger partial charge in [-0.1, -0.05) is 36.4 Å². The van der Waals surface area contributed by atoms with Crippen molar-refractivity contribution >= 4 is 16.7 Å². The van der Waals surface area contributed by atoms with Crippen LogP contribution in [0.2, 0.25) is 0 Å². The van der Waals surface area contributed by atoms with Crippen LogP contribution in [0.5, 0.6) is 17.2 Å². The van der Waals surface area contributed by atoms with Crippen molar-refractivity contribution in [2.24, 2.45) is 0 Å². The Morgan fingerprint density at radius 2 is 1.67 bits per heavy atom. The van der Waals surface area contributed by atoms with E-state index in [1.54, 1.807) is 13.2 Å². The van der Waals surface area contributed by atoms with Gasteiger partial charge in [0.1, 0.15) is 19.0 Å². The first-order chi connectivity index (χ1) is 13.2. The SMILES string of the molecule is COc1cc(CCC(=O)O)ccc1OCCOc1ccc2ccccc2c1. The predicted octanol–water partition coefficient (Wildman–Crippen LogP) is 4.32. The van der Waals surface area contributed by atoms with Crippen molar-refractivity contribution in [1.82, 2.24) is 0 Å². The topological polar surface area (TPSA) is 65.0 Å². The van der Waals surface area contributed by atoms with Gasteiger partial charge < -0.3 is 19.3 Å². The molecule has 27 heavy (non-hydrogen) atoms. The smallest absolute Gasteiger partial charge is 0.303 e. The summed E-state index contributed by atoms with van der Waals surface area (Å²) in [6, 6.07) is 19.6. The first-order valence-electron chi connectivity index (χ1n) is 8.79. The normalized spacial score (nSPS) is 10.6. The van der Waals surface area contributed by atoms with Gasteiger partial charge in [-0.25, -0.2) is 0 Å². The third-order valence-electron chi connectivity index (χ3n) is 4.19. The monoisotopic (exact) mass is 366 g/mol. The van der Waals surface area contributed by atoms with Gasteiger partial charge in [0.2, 0.25) is 0 Å². The van der Waals surface area contributed by atoms with Crippen molar-refractivity contribution < 1.29 is 24.1 Å². The fourth-order valence-electron chi connectivity index (χ4n) is 2.81. The molecule has 3 rings (SSSR count). The summed E-state index contributed by atoms with van der Waals surface area (Å²) in [5.41, 5.74) is 0.897. The minimum absolute atomic E-state index is 0.0863. The van der Waals surface area contributed by atoms with Crippen LogP contribution in [-0.2, 0) is 11.2 Å². The number of hydrogen-bond donors (Lipinski definition) is 1. The van der Waals surface area contributed by atoms with Gasteiger partial charge in [0.25, 0.3) is 0 Å². The van der Waals surface area contributed by atoms with E-state index in [4.69, 9.17) is 19.3 Å². The summed E-state index contributed by atoms with van der Waals surface area (Å²) >= 11 is 0. The Kier molecular flexibility index (Phi) is 6.15. The molecule has 0 unspecified atom stereocenters. The number of aliphatic carboxylic acids is 1. The zero-order chi connectivity index (χ0) is 19.1. The summed E-state index contributed by atoms with van der Waals surface area (Å²) < 4.78 is 16.9. The molecule has 0 saturated heterocycles. The van der Waals surface area contributed by atoms with Crippen LogP contribution in [0.1, 0.15) is 12.0 Å². The van der Waals surface area contributed by atoms with E-state index in [1.807, 2.05) is 42.5 Å². The minimum atomic E-state index is -0.819. The number of hydrogen-bond acceptors (Lipinski definition) is 4. The van der Waals surface area contributed by atoms with Crippen LogP contribution >= 0.6 is 0 Å². The minimum Gasteiger partial charge on any atom is -0.493 e. The number of fused-ring (bicyclic) bond motifs is 1. The van der Waals surface area contributed by atoms with Crippen LogP contribution < -0.4 is 14.2 Å². The molecule has 0 bridgehead atoms. The average Bonchev–Trinajstić information content (AvgIpc) is 2.69. The van der Waals surface area contributed by atoms with Crippen molar-refractivity contribution in [3.05, 3.63) is 66.2 Å². The van der Waals surface area contributed by atoms with Crippen LogP contribution in [-0.4, -0.2) is 31.4 Å². The van der Waals surface area contributed by atoms with Crippen molar-refractivity contribution in [2.75, 3.05) is 20.3 Å². The van der Waals surface area contributed by atoms with Gasteiger partial charge in [-0.2, -0.15) is 0 Å². The third-order valence-corrected chi connectivity index (χ3v) is 4.19. The van der Waals surface area contributed by atoms with Crippen LogP contribution in [0.4, 0.5) is 0 Å². The molecule has 0 aliphatic carbocycles. The molecule has 0 saturated carbocycles. The molecule has 0 heterocycles. The molecule has 0 aliphatic heterocycles. The first kappa shape index (κ1) is 18.6. The molecular formula is C22H22O5. The quantitative estimate of drug-likeness (QED) is 0.571. The molecule has 5 heteroatoms. The van der Waals surface area contributed by atoms with E-state index in [-0.39, 0.29) is 6.42 Å². The maximum atomic E-state index is 10.7. The van der Waals surface area contributed by atoms with E-state index in [2.05, 4.69) is 12.1 Å². The third kappa shape index (κ3) is 5.14. The summed E-state index contributed by atoms with van der Waals surface area (Å²) in [6.07, 6.45) is 0.542. The lowest BCUT2D eigenvalue weighted by molar-refractivity contribution is -0.136. The molecule has 0 aromatic heterocycles. The Balaban J connectivity index is 1.53. The molecule has 1 N–H and O–H groups in total. The Morgan fingerprint density at radius 3 is 2.44 bits per heavy atom. The number of carboxylic acid groups (broad SMARTS) is 1. The summed E-state index contributed by atoms with van der Waals surface area (Å²) in [6.45, 7) is 0.778. The molecule has 0 aliphatic rings. The van der Waals surface area contributed by atoms with Gasteiger partial charge in [-0.15, -0.1) is 0 Å². The average molecular weight is 366 g/mol. The molecule has 0 amide bonds. The Labute approximate surface area is 158 Å². The highest BCUT2D eigenvalue weighted by Gasteiger charge is 2.07. The maximum Gasteiger partial charge on any atom is 0.303 e.